The molecule has 0 aliphatic carbocycles. The van der Waals surface area contributed by atoms with Gasteiger partial charge in [-0.2, -0.15) is 0 Å². The number of aryl methyl sites for hydroxylation is 3. The first kappa shape index (κ1) is 36.2. The van der Waals surface area contributed by atoms with E-state index < -0.39 is 48.8 Å². The van der Waals surface area contributed by atoms with E-state index in [-0.39, 0.29) is 24.8 Å². The van der Waals surface area contributed by atoms with Crippen LogP contribution < -0.4 is 20.7 Å². The van der Waals surface area contributed by atoms with Gasteiger partial charge in [-0.05, 0) is 56.4 Å². The molecule has 2 saturated heterocycles. The van der Waals surface area contributed by atoms with E-state index in [4.69, 9.17) is 13.9 Å². The zero-order valence-corrected chi connectivity index (χ0v) is 27.8. The molecule has 0 saturated carbocycles. The average Bonchev–Trinajstić information content (AvgIpc) is 3.53. The SMILES string of the molecule is CC(C)(NC(=O)CNC(=O)CCc1ccc(CCc2coc3cccc(O[C@@H]4O[C@H](CO)[C@@H](O)[C@H](O)[C@H]4O)c23)cc1)C(=O)N1CCNCC1. The Hall–Kier alpha value is -4.05. The monoisotopic (exact) mass is 682 g/mol. The van der Waals surface area contributed by atoms with Crippen molar-refractivity contribution in [2.75, 3.05) is 39.3 Å². The van der Waals surface area contributed by atoms with Crippen molar-refractivity contribution in [1.29, 1.82) is 0 Å². The van der Waals surface area contributed by atoms with Crippen LogP contribution in [-0.4, -0.2) is 119 Å². The highest BCUT2D eigenvalue weighted by atomic mass is 16.7. The Morgan fingerprint density at radius 3 is 2.33 bits per heavy atom. The Balaban J connectivity index is 1.09. The number of fused-ring (bicyclic) bond motifs is 1. The highest BCUT2D eigenvalue weighted by Crippen LogP contribution is 2.34. The molecule has 0 radical (unpaired) electrons. The second kappa shape index (κ2) is 16.1. The molecule has 3 aromatic rings. The number of amides is 3. The molecule has 14 heteroatoms. The van der Waals surface area contributed by atoms with Gasteiger partial charge in [0, 0.05) is 38.2 Å². The van der Waals surface area contributed by atoms with Crippen LogP contribution in [0.2, 0.25) is 0 Å². The standard InChI is InChI=1S/C35H46N4O10/c1-35(2,34(46)39-16-14-36-15-17-39)38-28(42)18-37-27(41)13-11-22-8-6-21(7-9-22)10-12-23-20-47-24-4-3-5-25(29(23)24)48-33-32(45)31(44)30(43)26(19-40)49-33/h3-9,20,26,30-33,36,40,43-45H,10-19H2,1-2H3,(H,37,41)(H,38,42)/t26-,30-,31+,32-,33-/m1/s1. The van der Waals surface area contributed by atoms with Crippen LogP contribution in [0, 0.1) is 0 Å². The minimum atomic E-state index is -1.55. The van der Waals surface area contributed by atoms with Gasteiger partial charge in [-0.3, -0.25) is 14.4 Å². The normalized spacial score (nSPS) is 22.9. The van der Waals surface area contributed by atoms with E-state index in [0.717, 1.165) is 16.7 Å². The van der Waals surface area contributed by atoms with E-state index >= 15 is 0 Å². The zero-order chi connectivity index (χ0) is 35.1. The molecule has 0 spiro atoms. The fourth-order valence-corrected chi connectivity index (χ4v) is 6.08. The fourth-order valence-electron chi connectivity index (χ4n) is 6.08. The summed E-state index contributed by atoms with van der Waals surface area (Å²) in [5.74, 6) is -0.479. The van der Waals surface area contributed by atoms with E-state index in [9.17, 15) is 34.8 Å². The van der Waals surface area contributed by atoms with Gasteiger partial charge in [0.1, 0.15) is 41.3 Å². The van der Waals surface area contributed by atoms with Crippen molar-refractivity contribution in [2.24, 2.45) is 0 Å². The number of aliphatic hydroxyl groups is 4. The number of hydrogen-bond acceptors (Lipinski definition) is 11. The van der Waals surface area contributed by atoms with Gasteiger partial charge < -0.3 is 55.2 Å². The first-order valence-corrected chi connectivity index (χ1v) is 16.6. The molecular formula is C35H46N4O10. The third-order valence-electron chi connectivity index (χ3n) is 8.91. The summed E-state index contributed by atoms with van der Waals surface area (Å²) >= 11 is 0. The van der Waals surface area contributed by atoms with Gasteiger partial charge in [-0.15, -0.1) is 0 Å². The number of aliphatic hydroxyl groups excluding tert-OH is 4. The topological polar surface area (TPSA) is 203 Å². The predicted octanol–water partition coefficient (Wildman–Crippen LogP) is -0.228. The molecular weight excluding hydrogens is 636 g/mol. The second-order valence-corrected chi connectivity index (χ2v) is 13.0. The number of piperazine rings is 1. The molecule has 7 N–H and O–H groups in total. The van der Waals surface area contributed by atoms with Crippen molar-refractivity contribution in [3.05, 3.63) is 65.4 Å². The number of hydrogen-bond donors (Lipinski definition) is 7. The molecule has 3 amide bonds. The third kappa shape index (κ3) is 8.95. The predicted molar refractivity (Wildman–Crippen MR) is 177 cm³/mol. The van der Waals surface area contributed by atoms with Gasteiger partial charge in [0.05, 0.1) is 24.8 Å². The van der Waals surface area contributed by atoms with Crippen LogP contribution >= 0.6 is 0 Å². The fraction of sp³-hybridized carbons (Fsp3) is 0.514. The summed E-state index contributed by atoms with van der Waals surface area (Å²) in [4.78, 5) is 39.5. The zero-order valence-electron chi connectivity index (χ0n) is 27.8. The van der Waals surface area contributed by atoms with Crippen LogP contribution in [0.4, 0.5) is 0 Å². The van der Waals surface area contributed by atoms with Crippen molar-refractivity contribution in [3.8, 4) is 5.75 Å². The molecule has 2 aromatic carbocycles. The largest absolute Gasteiger partial charge is 0.464 e. The van der Waals surface area contributed by atoms with Crippen LogP contribution in [0.1, 0.15) is 37.0 Å². The quantitative estimate of drug-likeness (QED) is 0.126. The lowest BCUT2D eigenvalue weighted by Gasteiger charge is -2.39. The van der Waals surface area contributed by atoms with Crippen molar-refractivity contribution >= 4 is 28.7 Å². The minimum Gasteiger partial charge on any atom is -0.464 e. The molecule has 1 aromatic heterocycles. The van der Waals surface area contributed by atoms with Gasteiger partial charge in [0.25, 0.3) is 0 Å². The summed E-state index contributed by atoms with van der Waals surface area (Å²) in [6.07, 6.45) is -3.38. The van der Waals surface area contributed by atoms with Gasteiger partial charge in [-0.1, -0.05) is 30.3 Å². The van der Waals surface area contributed by atoms with Crippen molar-refractivity contribution in [2.45, 2.75) is 75.8 Å². The van der Waals surface area contributed by atoms with Crippen LogP contribution in [0.15, 0.2) is 53.1 Å². The molecule has 0 bridgehead atoms. The summed E-state index contributed by atoms with van der Waals surface area (Å²) in [7, 11) is 0. The van der Waals surface area contributed by atoms with E-state index in [2.05, 4.69) is 16.0 Å². The Kier molecular flexibility index (Phi) is 11.9. The maximum Gasteiger partial charge on any atom is 0.247 e. The molecule has 5 rings (SSSR count). The molecule has 14 nitrogen and oxygen atoms in total. The van der Waals surface area contributed by atoms with Crippen LogP contribution in [0.5, 0.6) is 5.75 Å². The van der Waals surface area contributed by atoms with Gasteiger partial charge in [-0.25, -0.2) is 0 Å². The number of carbonyl (C=O) groups is 3. The van der Waals surface area contributed by atoms with Crippen molar-refractivity contribution < 1.29 is 48.7 Å². The van der Waals surface area contributed by atoms with Gasteiger partial charge in [0.15, 0.2) is 0 Å². The van der Waals surface area contributed by atoms with E-state index in [1.165, 1.54) is 0 Å². The minimum absolute atomic E-state index is 0.152. The molecule has 3 heterocycles. The molecule has 2 fully saturated rings. The molecule has 2 aliphatic heterocycles. The van der Waals surface area contributed by atoms with E-state index in [1.807, 2.05) is 24.3 Å². The highest BCUT2D eigenvalue weighted by molar-refractivity contribution is 5.92. The van der Waals surface area contributed by atoms with E-state index in [0.29, 0.717) is 62.2 Å². The maximum absolute atomic E-state index is 12.8. The Morgan fingerprint density at radius 2 is 1.63 bits per heavy atom. The number of benzene rings is 2. The average molecular weight is 683 g/mol. The molecule has 5 atom stereocenters. The van der Waals surface area contributed by atoms with Crippen LogP contribution in [-0.2, 0) is 38.4 Å². The number of rotatable bonds is 13. The molecule has 2 aliphatic rings. The van der Waals surface area contributed by atoms with Gasteiger partial charge in [0.2, 0.25) is 24.0 Å². The first-order valence-electron chi connectivity index (χ1n) is 16.6. The number of furan rings is 1. The highest BCUT2D eigenvalue weighted by Gasteiger charge is 2.45. The lowest BCUT2D eigenvalue weighted by Crippen LogP contribution is -2.60. The molecule has 266 valence electrons. The lowest BCUT2D eigenvalue weighted by atomic mass is 9.99. The summed E-state index contributed by atoms with van der Waals surface area (Å²) in [5.41, 5.74) is 2.38. The summed E-state index contributed by atoms with van der Waals surface area (Å²) in [6.45, 7) is 5.16. The molecule has 49 heavy (non-hydrogen) atoms. The smallest absolute Gasteiger partial charge is 0.247 e. The Bertz CT molecular complexity index is 1580. The Morgan fingerprint density at radius 1 is 0.939 bits per heavy atom. The van der Waals surface area contributed by atoms with Crippen molar-refractivity contribution in [3.63, 3.8) is 0 Å². The second-order valence-electron chi connectivity index (χ2n) is 13.0. The molecule has 0 unspecified atom stereocenters. The summed E-state index contributed by atoms with van der Waals surface area (Å²) in [6, 6.07) is 13.1. The number of nitrogens with zero attached hydrogens (tertiary/aromatic N) is 1. The third-order valence-corrected chi connectivity index (χ3v) is 8.91. The van der Waals surface area contributed by atoms with Crippen LogP contribution in [0.3, 0.4) is 0 Å². The van der Waals surface area contributed by atoms with Crippen LogP contribution in [0.25, 0.3) is 11.0 Å². The van der Waals surface area contributed by atoms with E-state index in [1.54, 1.807) is 43.2 Å². The lowest BCUT2D eigenvalue weighted by molar-refractivity contribution is -0.277. The summed E-state index contributed by atoms with van der Waals surface area (Å²) in [5, 5.41) is 49.4. The maximum atomic E-state index is 12.8. The van der Waals surface area contributed by atoms with Gasteiger partial charge >= 0.3 is 0 Å². The summed E-state index contributed by atoms with van der Waals surface area (Å²) < 4.78 is 17.2. The number of ether oxygens (including phenoxy) is 2. The van der Waals surface area contributed by atoms with Crippen molar-refractivity contribution in [1.82, 2.24) is 20.9 Å². The number of carbonyl (C=O) groups excluding carboxylic acids is 3. The first-order chi connectivity index (χ1) is 23.5. The Labute approximate surface area is 284 Å². The number of nitrogens with one attached hydrogen (secondary N) is 3.